The lowest BCUT2D eigenvalue weighted by atomic mass is 10.2. The van der Waals surface area contributed by atoms with Gasteiger partial charge in [0, 0.05) is 26.2 Å². The van der Waals surface area contributed by atoms with Gasteiger partial charge in [-0.1, -0.05) is 42.1 Å². The highest BCUT2D eigenvalue weighted by atomic mass is 32.2. The van der Waals surface area contributed by atoms with Crippen molar-refractivity contribution in [2.75, 3.05) is 14.1 Å². The lowest BCUT2D eigenvalue weighted by molar-refractivity contribution is -0.127. The summed E-state index contributed by atoms with van der Waals surface area (Å²) in [6, 6.07) is 9.96. The number of carbonyl (C=O) groups excluding carboxylic acids is 1. The van der Waals surface area contributed by atoms with Crippen molar-refractivity contribution in [3.05, 3.63) is 30.3 Å². The van der Waals surface area contributed by atoms with Gasteiger partial charge in [0.1, 0.15) is 0 Å². The first-order valence-corrected chi connectivity index (χ1v) is 7.79. The topological polar surface area (TPSA) is 51.0 Å². The first kappa shape index (κ1) is 15.6. The molecule has 1 atom stereocenters. The number of thioether (sulfide) groups is 1. The molecule has 0 N–H and O–H groups in total. The summed E-state index contributed by atoms with van der Waals surface area (Å²) < 4.78 is 2.04. The molecule has 6 heteroatoms. The van der Waals surface area contributed by atoms with Crippen molar-refractivity contribution in [3.63, 3.8) is 0 Å². The number of hydrogen-bond acceptors (Lipinski definition) is 4. The smallest absolute Gasteiger partial charge is 0.235 e. The van der Waals surface area contributed by atoms with Gasteiger partial charge in [0.2, 0.25) is 5.91 Å². The SMILES string of the molecule is CCn1c(S[C@H](C)C(=O)N(C)C)nnc1-c1ccccc1. The van der Waals surface area contributed by atoms with E-state index in [4.69, 9.17) is 0 Å². The normalized spacial score (nSPS) is 12.2. The summed E-state index contributed by atoms with van der Waals surface area (Å²) in [5.41, 5.74) is 1.03. The fourth-order valence-corrected chi connectivity index (χ4v) is 3.09. The fourth-order valence-electron chi connectivity index (χ4n) is 2.03. The van der Waals surface area contributed by atoms with Gasteiger partial charge >= 0.3 is 0 Å². The molecule has 5 nitrogen and oxygen atoms in total. The molecule has 1 heterocycles. The van der Waals surface area contributed by atoms with Crippen molar-refractivity contribution in [3.8, 4) is 11.4 Å². The van der Waals surface area contributed by atoms with Gasteiger partial charge in [-0.05, 0) is 13.8 Å². The van der Waals surface area contributed by atoms with Crippen LogP contribution in [0.1, 0.15) is 13.8 Å². The summed E-state index contributed by atoms with van der Waals surface area (Å²) >= 11 is 1.44. The van der Waals surface area contributed by atoms with E-state index < -0.39 is 0 Å². The molecule has 1 aromatic heterocycles. The number of rotatable bonds is 5. The van der Waals surface area contributed by atoms with E-state index in [9.17, 15) is 4.79 Å². The average molecular weight is 304 g/mol. The van der Waals surface area contributed by atoms with Crippen molar-refractivity contribution in [2.45, 2.75) is 30.8 Å². The third kappa shape index (κ3) is 3.44. The van der Waals surface area contributed by atoms with Crippen LogP contribution in [-0.2, 0) is 11.3 Å². The molecule has 0 aliphatic heterocycles. The van der Waals surface area contributed by atoms with Crippen LogP contribution >= 0.6 is 11.8 Å². The highest BCUT2D eigenvalue weighted by Gasteiger charge is 2.21. The lowest BCUT2D eigenvalue weighted by Gasteiger charge is -2.16. The Bertz CT molecular complexity index is 609. The van der Waals surface area contributed by atoms with E-state index in [2.05, 4.69) is 17.1 Å². The molecule has 0 radical (unpaired) electrons. The highest BCUT2D eigenvalue weighted by molar-refractivity contribution is 8.00. The number of aromatic nitrogens is 3. The van der Waals surface area contributed by atoms with Crippen LogP contribution in [0.3, 0.4) is 0 Å². The quantitative estimate of drug-likeness (QED) is 0.797. The second-order valence-electron chi connectivity index (χ2n) is 4.91. The maximum atomic E-state index is 12.0. The van der Waals surface area contributed by atoms with Crippen LogP contribution in [0.25, 0.3) is 11.4 Å². The van der Waals surface area contributed by atoms with E-state index in [0.717, 1.165) is 23.1 Å². The number of hydrogen-bond donors (Lipinski definition) is 0. The third-order valence-electron chi connectivity index (χ3n) is 3.14. The summed E-state index contributed by atoms with van der Waals surface area (Å²) in [6.45, 7) is 4.71. The Morgan fingerprint density at radius 3 is 2.52 bits per heavy atom. The molecule has 2 rings (SSSR count). The molecule has 0 spiro atoms. The Hall–Kier alpha value is -1.82. The van der Waals surface area contributed by atoms with Crippen LogP contribution in [0.4, 0.5) is 0 Å². The second-order valence-corrected chi connectivity index (χ2v) is 6.22. The van der Waals surface area contributed by atoms with Crippen molar-refractivity contribution in [1.82, 2.24) is 19.7 Å². The van der Waals surface area contributed by atoms with Gasteiger partial charge in [0.05, 0.1) is 5.25 Å². The molecule has 112 valence electrons. The van der Waals surface area contributed by atoms with Gasteiger partial charge in [-0.25, -0.2) is 0 Å². The molecular formula is C15H20N4OS. The van der Waals surface area contributed by atoms with Crippen molar-refractivity contribution < 1.29 is 4.79 Å². The minimum atomic E-state index is -0.182. The van der Waals surface area contributed by atoms with Gasteiger partial charge in [-0.2, -0.15) is 0 Å². The van der Waals surface area contributed by atoms with Crippen LogP contribution in [0.5, 0.6) is 0 Å². The predicted octanol–water partition coefficient (Wildman–Crippen LogP) is 2.53. The van der Waals surface area contributed by atoms with Crippen molar-refractivity contribution >= 4 is 17.7 Å². The molecule has 0 aliphatic carbocycles. The minimum Gasteiger partial charge on any atom is -0.348 e. The lowest BCUT2D eigenvalue weighted by Crippen LogP contribution is -2.29. The molecular weight excluding hydrogens is 284 g/mol. The number of benzene rings is 1. The Morgan fingerprint density at radius 1 is 1.29 bits per heavy atom. The van der Waals surface area contributed by atoms with Gasteiger partial charge < -0.3 is 9.47 Å². The molecule has 0 bridgehead atoms. The number of carbonyl (C=O) groups is 1. The number of amides is 1. The van der Waals surface area contributed by atoms with Gasteiger partial charge in [-0.15, -0.1) is 10.2 Å². The Morgan fingerprint density at radius 2 is 1.95 bits per heavy atom. The van der Waals surface area contributed by atoms with E-state index in [-0.39, 0.29) is 11.2 Å². The third-order valence-corrected chi connectivity index (χ3v) is 4.20. The molecule has 0 saturated heterocycles. The zero-order chi connectivity index (χ0) is 15.4. The Balaban J connectivity index is 2.26. The van der Waals surface area contributed by atoms with Crippen LogP contribution in [0.15, 0.2) is 35.5 Å². The van der Waals surface area contributed by atoms with Crippen LogP contribution in [-0.4, -0.2) is 44.9 Å². The minimum absolute atomic E-state index is 0.0758. The zero-order valence-corrected chi connectivity index (χ0v) is 13.6. The maximum absolute atomic E-state index is 12.0. The highest BCUT2D eigenvalue weighted by Crippen LogP contribution is 2.27. The molecule has 1 aromatic carbocycles. The van der Waals surface area contributed by atoms with E-state index in [1.165, 1.54) is 11.8 Å². The molecule has 0 fully saturated rings. The van der Waals surface area contributed by atoms with E-state index in [1.54, 1.807) is 19.0 Å². The van der Waals surface area contributed by atoms with Crippen molar-refractivity contribution in [2.24, 2.45) is 0 Å². The van der Waals surface area contributed by atoms with Gasteiger partial charge in [-0.3, -0.25) is 4.79 Å². The molecule has 2 aromatic rings. The predicted molar refractivity (Wildman–Crippen MR) is 85.1 cm³/mol. The van der Waals surface area contributed by atoms with E-state index >= 15 is 0 Å². The fraction of sp³-hybridized carbons (Fsp3) is 0.400. The molecule has 0 aliphatic rings. The molecule has 1 amide bonds. The van der Waals surface area contributed by atoms with Crippen LogP contribution in [0, 0.1) is 0 Å². The Kier molecular flexibility index (Phi) is 5.01. The zero-order valence-electron chi connectivity index (χ0n) is 12.8. The van der Waals surface area contributed by atoms with Crippen LogP contribution in [0.2, 0.25) is 0 Å². The largest absolute Gasteiger partial charge is 0.348 e. The van der Waals surface area contributed by atoms with Gasteiger partial charge in [0.25, 0.3) is 0 Å². The summed E-state index contributed by atoms with van der Waals surface area (Å²) in [7, 11) is 3.53. The van der Waals surface area contributed by atoms with E-state index in [0.29, 0.717) is 0 Å². The Labute approximate surface area is 129 Å². The summed E-state index contributed by atoms with van der Waals surface area (Å²) in [5.74, 6) is 0.914. The maximum Gasteiger partial charge on any atom is 0.235 e. The monoisotopic (exact) mass is 304 g/mol. The second kappa shape index (κ2) is 6.76. The molecule has 0 saturated carbocycles. The number of nitrogens with zero attached hydrogens (tertiary/aromatic N) is 4. The first-order chi connectivity index (χ1) is 10.0. The molecule has 0 unspecified atom stereocenters. The summed E-state index contributed by atoms with van der Waals surface area (Å²) in [5, 5.41) is 9.13. The summed E-state index contributed by atoms with van der Waals surface area (Å²) in [6.07, 6.45) is 0. The van der Waals surface area contributed by atoms with Gasteiger partial charge in [0.15, 0.2) is 11.0 Å². The standard InChI is InChI=1S/C15H20N4OS/c1-5-19-13(12-9-7-6-8-10-12)16-17-15(19)21-11(2)14(20)18(3)4/h6-11H,5H2,1-4H3/t11-/m1/s1. The molecule has 21 heavy (non-hydrogen) atoms. The van der Waals surface area contributed by atoms with Crippen LogP contribution < -0.4 is 0 Å². The first-order valence-electron chi connectivity index (χ1n) is 6.91. The summed E-state index contributed by atoms with van der Waals surface area (Å²) in [4.78, 5) is 13.6. The average Bonchev–Trinajstić information content (AvgIpc) is 2.89. The van der Waals surface area contributed by atoms with Crippen molar-refractivity contribution in [1.29, 1.82) is 0 Å². The van der Waals surface area contributed by atoms with E-state index in [1.807, 2.05) is 41.8 Å².